The zero-order valence-electron chi connectivity index (χ0n) is 9.43. The van der Waals surface area contributed by atoms with Crippen LogP contribution >= 0.6 is 22.9 Å². The van der Waals surface area contributed by atoms with Gasteiger partial charge in [0, 0.05) is 10.6 Å². The first kappa shape index (κ1) is 13.1. The molecule has 0 saturated carbocycles. The fraction of sp³-hybridized carbons (Fsp3) is 0.154. The van der Waals surface area contributed by atoms with Gasteiger partial charge in [-0.3, -0.25) is 0 Å². The van der Waals surface area contributed by atoms with E-state index in [2.05, 4.69) is 0 Å². The summed E-state index contributed by atoms with van der Waals surface area (Å²) in [6, 6.07) is 9.16. The highest BCUT2D eigenvalue weighted by Gasteiger charge is 2.11. The molecule has 2 aromatic rings. The molecule has 0 unspecified atom stereocenters. The van der Waals surface area contributed by atoms with Crippen molar-refractivity contribution in [2.24, 2.45) is 0 Å². The predicted molar refractivity (Wildman–Crippen MR) is 71.2 cm³/mol. The lowest BCUT2D eigenvalue weighted by atomic mass is 10.2. The first-order valence-corrected chi connectivity index (χ1v) is 6.54. The molecule has 5 heteroatoms. The molecule has 0 aliphatic heterocycles. The van der Waals surface area contributed by atoms with Gasteiger partial charge in [-0.05, 0) is 29.1 Å². The lowest BCUT2D eigenvalue weighted by molar-refractivity contribution is 0.0690. The lowest BCUT2D eigenvalue weighted by Gasteiger charge is -2.04. The number of aromatic carboxylic acids is 1. The third-order valence-electron chi connectivity index (χ3n) is 2.36. The van der Waals surface area contributed by atoms with Gasteiger partial charge in [-0.2, -0.15) is 0 Å². The third kappa shape index (κ3) is 3.32. The summed E-state index contributed by atoms with van der Waals surface area (Å²) in [5, 5.41) is 11.4. The van der Waals surface area contributed by atoms with Crippen LogP contribution in [0.25, 0.3) is 0 Å². The summed E-state index contributed by atoms with van der Waals surface area (Å²) in [6.45, 7) is 0.702. The summed E-state index contributed by atoms with van der Waals surface area (Å²) < 4.78 is 5.49. The van der Waals surface area contributed by atoms with Crippen LogP contribution in [0.1, 0.15) is 20.8 Å². The molecule has 0 radical (unpaired) electrons. The number of rotatable bonds is 5. The number of benzene rings is 1. The zero-order valence-corrected chi connectivity index (χ0v) is 11.0. The second-order valence-electron chi connectivity index (χ2n) is 3.70. The smallest absolute Gasteiger partial charge is 0.346 e. The van der Waals surface area contributed by atoms with E-state index in [0.717, 1.165) is 5.56 Å². The van der Waals surface area contributed by atoms with Gasteiger partial charge in [-0.15, -0.1) is 11.3 Å². The Morgan fingerprint density at radius 1 is 1.33 bits per heavy atom. The standard InChI is InChI=1S/C13H11ClO3S/c14-11-3-1-2-9(6-11)7-17-8-10-4-5-18-12(10)13(15)16/h1-6H,7-8H2,(H,15,16). The number of thiophene rings is 1. The molecule has 18 heavy (non-hydrogen) atoms. The van der Waals surface area contributed by atoms with Crippen molar-refractivity contribution in [2.45, 2.75) is 13.2 Å². The first-order valence-electron chi connectivity index (χ1n) is 5.28. The highest BCUT2D eigenvalue weighted by atomic mass is 35.5. The minimum atomic E-state index is -0.911. The highest BCUT2D eigenvalue weighted by molar-refractivity contribution is 7.12. The van der Waals surface area contributed by atoms with E-state index in [1.54, 1.807) is 17.5 Å². The number of ether oxygens (including phenoxy) is 1. The Kier molecular flexibility index (Phi) is 4.36. The summed E-state index contributed by atoms with van der Waals surface area (Å²) >= 11 is 7.06. The van der Waals surface area contributed by atoms with Crippen LogP contribution < -0.4 is 0 Å². The Morgan fingerprint density at radius 3 is 2.89 bits per heavy atom. The molecule has 0 spiro atoms. The van der Waals surface area contributed by atoms with Crippen molar-refractivity contribution in [2.75, 3.05) is 0 Å². The van der Waals surface area contributed by atoms with Crippen molar-refractivity contribution in [1.29, 1.82) is 0 Å². The maximum atomic E-state index is 10.9. The van der Waals surface area contributed by atoms with E-state index in [1.165, 1.54) is 11.3 Å². The minimum absolute atomic E-state index is 0.289. The topological polar surface area (TPSA) is 46.5 Å². The Balaban J connectivity index is 1.92. The molecule has 1 N–H and O–H groups in total. The molecule has 0 aliphatic rings. The van der Waals surface area contributed by atoms with Crippen LogP contribution in [0.15, 0.2) is 35.7 Å². The molecular formula is C13H11ClO3S. The molecule has 0 aliphatic carbocycles. The second-order valence-corrected chi connectivity index (χ2v) is 5.06. The molecular weight excluding hydrogens is 272 g/mol. The maximum absolute atomic E-state index is 10.9. The fourth-order valence-corrected chi connectivity index (χ4v) is 2.50. The molecule has 1 heterocycles. The number of carbonyl (C=O) groups is 1. The first-order chi connectivity index (χ1) is 8.66. The van der Waals surface area contributed by atoms with Crippen molar-refractivity contribution in [3.8, 4) is 0 Å². The average molecular weight is 283 g/mol. The van der Waals surface area contributed by atoms with E-state index < -0.39 is 5.97 Å². The SMILES string of the molecule is O=C(O)c1sccc1COCc1cccc(Cl)c1. The Hall–Kier alpha value is -1.36. The van der Waals surface area contributed by atoms with Crippen LogP contribution in [-0.2, 0) is 18.0 Å². The van der Waals surface area contributed by atoms with Crippen LogP contribution in [-0.4, -0.2) is 11.1 Å². The molecule has 1 aromatic carbocycles. The van der Waals surface area contributed by atoms with Gasteiger partial charge in [0.05, 0.1) is 13.2 Å². The summed E-state index contributed by atoms with van der Waals surface area (Å²) in [4.78, 5) is 11.2. The van der Waals surface area contributed by atoms with Gasteiger partial charge in [0.2, 0.25) is 0 Å². The predicted octanol–water partition coefficient (Wildman–Crippen LogP) is 3.82. The number of carboxylic acids is 1. The molecule has 0 saturated heterocycles. The van der Waals surface area contributed by atoms with Crippen molar-refractivity contribution < 1.29 is 14.6 Å². The lowest BCUT2D eigenvalue weighted by Crippen LogP contribution is -2.00. The molecule has 0 atom stereocenters. The van der Waals surface area contributed by atoms with Crippen LogP contribution in [0.5, 0.6) is 0 Å². The molecule has 0 fully saturated rings. The highest BCUT2D eigenvalue weighted by Crippen LogP contribution is 2.18. The largest absolute Gasteiger partial charge is 0.477 e. The van der Waals surface area contributed by atoms with Gasteiger partial charge < -0.3 is 9.84 Å². The summed E-state index contributed by atoms with van der Waals surface area (Å²) in [6.07, 6.45) is 0. The van der Waals surface area contributed by atoms with Gasteiger partial charge >= 0.3 is 5.97 Å². The van der Waals surface area contributed by atoms with E-state index in [4.69, 9.17) is 21.4 Å². The number of hydrogen-bond donors (Lipinski definition) is 1. The van der Waals surface area contributed by atoms with Crippen LogP contribution in [0.4, 0.5) is 0 Å². The Morgan fingerprint density at radius 2 is 2.17 bits per heavy atom. The van der Waals surface area contributed by atoms with Gasteiger partial charge in [0.1, 0.15) is 4.88 Å². The van der Waals surface area contributed by atoms with Crippen LogP contribution in [0, 0.1) is 0 Å². The van der Waals surface area contributed by atoms with E-state index in [9.17, 15) is 4.79 Å². The minimum Gasteiger partial charge on any atom is -0.477 e. The van der Waals surface area contributed by atoms with Crippen molar-refractivity contribution in [3.63, 3.8) is 0 Å². The van der Waals surface area contributed by atoms with Gasteiger partial charge in [0.15, 0.2) is 0 Å². The molecule has 0 bridgehead atoms. The normalized spacial score (nSPS) is 10.5. The third-order valence-corrected chi connectivity index (χ3v) is 3.54. The molecule has 3 nitrogen and oxygen atoms in total. The number of halogens is 1. The zero-order chi connectivity index (χ0) is 13.0. The fourth-order valence-electron chi connectivity index (χ4n) is 1.54. The van der Waals surface area contributed by atoms with Gasteiger partial charge in [-0.25, -0.2) is 4.79 Å². The summed E-state index contributed by atoms with van der Waals surface area (Å²) in [5.41, 5.74) is 1.67. The summed E-state index contributed by atoms with van der Waals surface area (Å²) in [5.74, 6) is -0.911. The molecule has 94 valence electrons. The second kappa shape index (κ2) is 6.00. The Bertz CT molecular complexity index is 551. The molecule has 1 aromatic heterocycles. The van der Waals surface area contributed by atoms with Crippen LogP contribution in [0.3, 0.4) is 0 Å². The number of carboxylic acid groups (broad SMARTS) is 1. The van der Waals surface area contributed by atoms with Crippen molar-refractivity contribution >= 4 is 28.9 Å². The monoisotopic (exact) mass is 282 g/mol. The van der Waals surface area contributed by atoms with Crippen LogP contribution in [0.2, 0.25) is 5.02 Å². The average Bonchev–Trinajstić information content (AvgIpc) is 2.77. The van der Waals surface area contributed by atoms with Gasteiger partial charge in [-0.1, -0.05) is 23.7 Å². The van der Waals surface area contributed by atoms with Crippen molar-refractivity contribution in [3.05, 3.63) is 56.7 Å². The summed E-state index contributed by atoms with van der Waals surface area (Å²) in [7, 11) is 0. The molecule has 0 amide bonds. The quantitative estimate of drug-likeness (QED) is 0.907. The van der Waals surface area contributed by atoms with Crippen molar-refractivity contribution in [1.82, 2.24) is 0 Å². The van der Waals surface area contributed by atoms with E-state index >= 15 is 0 Å². The van der Waals surface area contributed by atoms with E-state index in [0.29, 0.717) is 22.1 Å². The van der Waals surface area contributed by atoms with E-state index in [-0.39, 0.29) is 6.61 Å². The number of hydrogen-bond acceptors (Lipinski definition) is 3. The molecule has 2 rings (SSSR count). The van der Waals surface area contributed by atoms with Gasteiger partial charge in [0.25, 0.3) is 0 Å². The maximum Gasteiger partial charge on any atom is 0.346 e. The Labute approximate surface area is 114 Å². The van der Waals surface area contributed by atoms with E-state index in [1.807, 2.05) is 18.2 Å².